The molecule has 0 N–H and O–H groups in total. The van der Waals surface area contributed by atoms with E-state index >= 15 is 0 Å². The summed E-state index contributed by atoms with van der Waals surface area (Å²) in [6, 6.07) is 0. The first-order valence-corrected chi connectivity index (χ1v) is 6.05. The van der Waals surface area contributed by atoms with Crippen LogP contribution in [0.5, 0.6) is 0 Å². The highest BCUT2D eigenvalue weighted by Gasteiger charge is 2.20. The fraction of sp³-hybridized carbons (Fsp3) is 0.833. The number of hydrogen-bond acceptors (Lipinski definition) is 3. The van der Waals surface area contributed by atoms with Gasteiger partial charge in [-0.3, -0.25) is 4.90 Å². The standard InChI is InChI=1S/C12H22N2O/c1-2-13-5-3-12(4-6-13)11-14-7-9-15-10-8-14/h2,12H,1,3-11H2. The lowest BCUT2D eigenvalue weighted by Crippen LogP contribution is -2.42. The summed E-state index contributed by atoms with van der Waals surface area (Å²) in [5.74, 6) is 0.888. The van der Waals surface area contributed by atoms with Gasteiger partial charge in [0.05, 0.1) is 13.2 Å². The summed E-state index contributed by atoms with van der Waals surface area (Å²) in [6.07, 6.45) is 4.62. The van der Waals surface area contributed by atoms with Gasteiger partial charge in [-0.05, 0) is 25.0 Å². The van der Waals surface area contributed by atoms with E-state index in [-0.39, 0.29) is 0 Å². The van der Waals surface area contributed by atoms with E-state index in [2.05, 4.69) is 16.4 Å². The number of hydrogen-bond donors (Lipinski definition) is 0. The van der Waals surface area contributed by atoms with Crippen molar-refractivity contribution < 1.29 is 4.74 Å². The lowest BCUT2D eigenvalue weighted by Gasteiger charge is -2.35. The highest BCUT2D eigenvalue weighted by Crippen LogP contribution is 2.18. The van der Waals surface area contributed by atoms with Gasteiger partial charge in [-0.25, -0.2) is 0 Å². The Morgan fingerprint density at radius 1 is 1.13 bits per heavy atom. The Kier molecular flexibility index (Phi) is 4.03. The van der Waals surface area contributed by atoms with Gasteiger partial charge in [-0.1, -0.05) is 6.58 Å². The van der Waals surface area contributed by atoms with Crippen LogP contribution in [0.1, 0.15) is 12.8 Å². The Hall–Kier alpha value is -0.540. The van der Waals surface area contributed by atoms with Crippen LogP contribution in [-0.4, -0.2) is 55.7 Å². The molecule has 86 valence electrons. The molecule has 0 atom stereocenters. The largest absolute Gasteiger partial charge is 0.379 e. The second-order valence-corrected chi connectivity index (χ2v) is 4.57. The van der Waals surface area contributed by atoms with Gasteiger partial charge in [0.1, 0.15) is 0 Å². The Morgan fingerprint density at radius 2 is 1.80 bits per heavy atom. The first kappa shape index (κ1) is 11.0. The SMILES string of the molecule is C=CN1CCC(CN2CCOCC2)CC1. The Labute approximate surface area is 92.7 Å². The molecule has 2 aliphatic rings. The van der Waals surface area contributed by atoms with Crippen LogP contribution < -0.4 is 0 Å². The second-order valence-electron chi connectivity index (χ2n) is 4.57. The molecule has 2 rings (SSSR count). The Balaban J connectivity index is 1.69. The maximum absolute atomic E-state index is 5.36. The van der Waals surface area contributed by atoms with Crippen LogP contribution in [0.25, 0.3) is 0 Å². The van der Waals surface area contributed by atoms with E-state index in [1.807, 2.05) is 6.20 Å². The smallest absolute Gasteiger partial charge is 0.0594 e. The van der Waals surface area contributed by atoms with E-state index in [0.29, 0.717) is 0 Å². The average Bonchev–Trinajstić information content (AvgIpc) is 2.31. The molecule has 0 radical (unpaired) electrons. The summed E-state index contributed by atoms with van der Waals surface area (Å²) in [4.78, 5) is 4.88. The van der Waals surface area contributed by atoms with E-state index in [1.165, 1.54) is 32.5 Å². The van der Waals surface area contributed by atoms with Crippen molar-refractivity contribution in [1.29, 1.82) is 0 Å². The molecule has 0 spiro atoms. The zero-order valence-electron chi connectivity index (χ0n) is 9.53. The number of rotatable bonds is 3. The molecular formula is C12H22N2O. The van der Waals surface area contributed by atoms with Crippen molar-refractivity contribution in [3.8, 4) is 0 Å². The third kappa shape index (κ3) is 3.21. The molecule has 0 aromatic carbocycles. The average molecular weight is 210 g/mol. The van der Waals surface area contributed by atoms with Gasteiger partial charge in [-0.15, -0.1) is 0 Å². The molecule has 2 saturated heterocycles. The molecule has 0 unspecified atom stereocenters. The Bertz CT molecular complexity index is 194. The molecule has 0 amide bonds. The normalized spacial score (nSPS) is 25.5. The van der Waals surface area contributed by atoms with Crippen molar-refractivity contribution in [3.63, 3.8) is 0 Å². The van der Waals surface area contributed by atoms with Crippen LogP contribution in [0, 0.1) is 5.92 Å². The molecule has 0 saturated carbocycles. The number of morpholine rings is 1. The maximum atomic E-state index is 5.36. The predicted octanol–water partition coefficient (Wildman–Crippen LogP) is 1.17. The Morgan fingerprint density at radius 3 is 2.40 bits per heavy atom. The number of piperidine rings is 1. The summed E-state index contributed by atoms with van der Waals surface area (Å²) in [6.45, 7) is 11.6. The molecule has 0 aromatic heterocycles. The van der Waals surface area contributed by atoms with Crippen molar-refractivity contribution in [2.45, 2.75) is 12.8 Å². The molecule has 3 nitrogen and oxygen atoms in total. The zero-order chi connectivity index (χ0) is 10.5. The predicted molar refractivity (Wildman–Crippen MR) is 61.8 cm³/mol. The summed E-state index contributed by atoms with van der Waals surface area (Å²) < 4.78 is 5.36. The molecule has 2 heterocycles. The van der Waals surface area contributed by atoms with Crippen molar-refractivity contribution in [3.05, 3.63) is 12.8 Å². The van der Waals surface area contributed by atoms with E-state index in [9.17, 15) is 0 Å². The van der Waals surface area contributed by atoms with Gasteiger partial charge < -0.3 is 9.64 Å². The van der Waals surface area contributed by atoms with Crippen LogP contribution in [0.3, 0.4) is 0 Å². The van der Waals surface area contributed by atoms with E-state index in [1.54, 1.807) is 0 Å². The first-order chi connectivity index (χ1) is 7.38. The minimum atomic E-state index is 0.888. The van der Waals surface area contributed by atoms with Crippen LogP contribution in [0.4, 0.5) is 0 Å². The zero-order valence-corrected chi connectivity index (χ0v) is 9.53. The minimum absolute atomic E-state index is 0.888. The van der Waals surface area contributed by atoms with E-state index in [4.69, 9.17) is 4.74 Å². The van der Waals surface area contributed by atoms with Gasteiger partial charge in [0.15, 0.2) is 0 Å². The van der Waals surface area contributed by atoms with Gasteiger partial charge in [-0.2, -0.15) is 0 Å². The number of ether oxygens (including phenoxy) is 1. The molecule has 0 aliphatic carbocycles. The molecular weight excluding hydrogens is 188 g/mol. The summed E-state index contributed by atoms with van der Waals surface area (Å²) >= 11 is 0. The van der Waals surface area contributed by atoms with Crippen LogP contribution >= 0.6 is 0 Å². The van der Waals surface area contributed by atoms with Crippen LogP contribution in [-0.2, 0) is 4.74 Å². The van der Waals surface area contributed by atoms with Crippen LogP contribution in [0.15, 0.2) is 12.8 Å². The van der Waals surface area contributed by atoms with Crippen LogP contribution in [0.2, 0.25) is 0 Å². The summed E-state index contributed by atoms with van der Waals surface area (Å²) in [5, 5.41) is 0. The highest BCUT2D eigenvalue weighted by molar-refractivity contribution is 4.80. The summed E-state index contributed by atoms with van der Waals surface area (Å²) in [5.41, 5.74) is 0. The summed E-state index contributed by atoms with van der Waals surface area (Å²) in [7, 11) is 0. The topological polar surface area (TPSA) is 15.7 Å². The molecule has 2 fully saturated rings. The highest BCUT2D eigenvalue weighted by atomic mass is 16.5. The quantitative estimate of drug-likeness (QED) is 0.695. The third-order valence-electron chi connectivity index (χ3n) is 3.53. The van der Waals surface area contributed by atoms with Crippen molar-refractivity contribution in [2.75, 3.05) is 45.9 Å². The number of likely N-dealkylation sites (tertiary alicyclic amines) is 1. The van der Waals surface area contributed by atoms with Gasteiger partial charge in [0.2, 0.25) is 0 Å². The van der Waals surface area contributed by atoms with Crippen molar-refractivity contribution in [2.24, 2.45) is 5.92 Å². The van der Waals surface area contributed by atoms with E-state index in [0.717, 1.165) is 32.2 Å². The second kappa shape index (κ2) is 5.52. The lowest BCUT2D eigenvalue weighted by molar-refractivity contribution is 0.0261. The molecule has 0 aromatic rings. The van der Waals surface area contributed by atoms with Gasteiger partial charge in [0, 0.05) is 32.7 Å². The lowest BCUT2D eigenvalue weighted by atomic mass is 9.96. The fourth-order valence-corrected chi connectivity index (χ4v) is 2.47. The van der Waals surface area contributed by atoms with Crippen molar-refractivity contribution in [1.82, 2.24) is 9.80 Å². The van der Waals surface area contributed by atoms with Gasteiger partial charge >= 0.3 is 0 Å². The first-order valence-electron chi connectivity index (χ1n) is 6.05. The maximum Gasteiger partial charge on any atom is 0.0594 e. The molecule has 15 heavy (non-hydrogen) atoms. The molecule has 3 heteroatoms. The van der Waals surface area contributed by atoms with Gasteiger partial charge in [0.25, 0.3) is 0 Å². The third-order valence-corrected chi connectivity index (χ3v) is 3.53. The minimum Gasteiger partial charge on any atom is -0.379 e. The fourth-order valence-electron chi connectivity index (χ4n) is 2.47. The monoisotopic (exact) mass is 210 g/mol. The van der Waals surface area contributed by atoms with E-state index < -0.39 is 0 Å². The number of nitrogens with zero attached hydrogens (tertiary/aromatic N) is 2. The molecule has 2 aliphatic heterocycles. The van der Waals surface area contributed by atoms with Crippen molar-refractivity contribution >= 4 is 0 Å². The molecule has 0 bridgehead atoms.